The predicted octanol–water partition coefficient (Wildman–Crippen LogP) is 2.64. The van der Waals surface area contributed by atoms with Gasteiger partial charge in [0.25, 0.3) is 5.91 Å². The average Bonchev–Trinajstić information content (AvgIpc) is 3.11. The Kier molecular flexibility index (Phi) is 3.57. The van der Waals surface area contributed by atoms with Crippen molar-refractivity contribution in [2.24, 2.45) is 5.92 Å². The van der Waals surface area contributed by atoms with Gasteiger partial charge in [0.15, 0.2) is 0 Å². The molecule has 1 fully saturated rings. The van der Waals surface area contributed by atoms with E-state index in [1.807, 2.05) is 37.3 Å². The Bertz CT molecular complexity index is 923. The van der Waals surface area contributed by atoms with Crippen molar-refractivity contribution in [2.45, 2.75) is 6.92 Å². The average molecular weight is 340 g/mol. The van der Waals surface area contributed by atoms with Crippen LogP contribution in [0.4, 0.5) is 5.00 Å². The molecule has 1 saturated heterocycles. The fourth-order valence-corrected chi connectivity index (χ4v) is 3.54. The lowest BCUT2D eigenvalue weighted by Gasteiger charge is -2.38. The number of carbonyl (C=O) groups excluding carboxylic acids is 2. The summed E-state index contributed by atoms with van der Waals surface area (Å²) < 4.78 is 4.14. The van der Waals surface area contributed by atoms with Crippen LogP contribution in [0.3, 0.4) is 0 Å². The molecule has 0 atom stereocenters. The molecule has 2 aromatic heterocycles. The van der Waals surface area contributed by atoms with Crippen LogP contribution >= 0.6 is 11.5 Å². The standard InChI is InChI=1S/C17H16N4O2S/c1-10-6-15(24-20-10)19-16(22)11-8-21(9-11)17(23)13-7-18-14-5-3-2-4-12(13)14/h2-7,11,18H,8-9H2,1H3,(H,19,22). The van der Waals surface area contributed by atoms with E-state index in [-0.39, 0.29) is 17.7 Å². The lowest BCUT2D eigenvalue weighted by atomic mass is 9.98. The highest BCUT2D eigenvalue weighted by atomic mass is 32.1. The quantitative estimate of drug-likeness (QED) is 0.769. The van der Waals surface area contributed by atoms with Crippen LogP contribution in [0.5, 0.6) is 0 Å². The monoisotopic (exact) mass is 340 g/mol. The third kappa shape index (κ3) is 2.56. The highest BCUT2D eigenvalue weighted by Gasteiger charge is 2.36. The minimum Gasteiger partial charge on any atom is -0.360 e. The highest BCUT2D eigenvalue weighted by molar-refractivity contribution is 7.10. The van der Waals surface area contributed by atoms with Gasteiger partial charge in [0.05, 0.1) is 17.2 Å². The molecule has 0 saturated carbocycles. The number of amides is 2. The maximum absolute atomic E-state index is 12.6. The van der Waals surface area contributed by atoms with Gasteiger partial charge in [0.1, 0.15) is 5.00 Å². The SMILES string of the molecule is Cc1cc(NC(=O)C2CN(C(=O)c3c[nH]c4ccccc34)C2)sn1. The van der Waals surface area contributed by atoms with Gasteiger partial charge < -0.3 is 15.2 Å². The van der Waals surface area contributed by atoms with E-state index in [9.17, 15) is 9.59 Å². The Balaban J connectivity index is 1.40. The number of benzene rings is 1. The molecule has 4 rings (SSSR count). The van der Waals surface area contributed by atoms with Gasteiger partial charge in [0.2, 0.25) is 5.91 Å². The Morgan fingerprint density at radius 2 is 2.12 bits per heavy atom. The number of aryl methyl sites for hydroxylation is 1. The van der Waals surface area contributed by atoms with Gasteiger partial charge in [-0.15, -0.1) is 0 Å². The van der Waals surface area contributed by atoms with E-state index in [1.54, 1.807) is 11.1 Å². The van der Waals surface area contributed by atoms with Crippen molar-refractivity contribution in [3.8, 4) is 0 Å². The number of aromatic amines is 1. The lowest BCUT2D eigenvalue weighted by Crippen LogP contribution is -2.54. The molecular weight excluding hydrogens is 324 g/mol. The maximum atomic E-state index is 12.6. The molecule has 3 heterocycles. The lowest BCUT2D eigenvalue weighted by molar-refractivity contribution is -0.123. The van der Waals surface area contributed by atoms with Gasteiger partial charge in [-0.3, -0.25) is 9.59 Å². The van der Waals surface area contributed by atoms with Gasteiger partial charge in [-0.05, 0) is 30.6 Å². The summed E-state index contributed by atoms with van der Waals surface area (Å²) in [6.07, 6.45) is 1.74. The van der Waals surface area contributed by atoms with Crippen molar-refractivity contribution < 1.29 is 9.59 Å². The summed E-state index contributed by atoms with van der Waals surface area (Å²) in [6.45, 7) is 2.78. The molecule has 1 aromatic carbocycles. The summed E-state index contributed by atoms with van der Waals surface area (Å²) in [5.41, 5.74) is 2.49. The number of nitrogens with one attached hydrogen (secondary N) is 2. The van der Waals surface area contributed by atoms with E-state index in [1.165, 1.54) is 11.5 Å². The highest BCUT2D eigenvalue weighted by Crippen LogP contribution is 2.25. The second-order valence-corrected chi connectivity index (χ2v) is 6.78. The van der Waals surface area contributed by atoms with Gasteiger partial charge in [-0.1, -0.05) is 18.2 Å². The first kappa shape index (κ1) is 14.9. The number of hydrogen-bond acceptors (Lipinski definition) is 4. The summed E-state index contributed by atoms with van der Waals surface area (Å²) in [6, 6.07) is 9.55. The van der Waals surface area contributed by atoms with Crippen LogP contribution in [0.15, 0.2) is 36.5 Å². The first-order valence-electron chi connectivity index (χ1n) is 7.71. The largest absolute Gasteiger partial charge is 0.360 e. The minimum absolute atomic E-state index is 0.0369. The van der Waals surface area contributed by atoms with Gasteiger partial charge in [0, 0.05) is 30.2 Å². The number of H-pyrrole nitrogens is 1. The number of carbonyl (C=O) groups is 2. The fourth-order valence-electron chi connectivity index (χ4n) is 2.88. The molecular formula is C17H16N4O2S. The molecule has 3 aromatic rings. The topological polar surface area (TPSA) is 78.1 Å². The fraction of sp³-hybridized carbons (Fsp3) is 0.235. The molecule has 0 aliphatic carbocycles. The smallest absolute Gasteiger partial charge is 0.256 e. The molecule has 0 spiro atoms. The maximum Gasteiger partial charge on any atom is 0.256 e. The number of rotatable bonds is 3. The zero-order chi connectivity index (χ0) is 16.7. The summed E-state index contributed by atoms with van der Waals surface area (Å²) in [5.74, 6) is -0.256. The summed E-state index contributed by atoms with van der Waals surface area (Å²) in [5, 5.41) is 4.52. The molecule has 2 amide bonds. The van der Waals surface area contributed by atoms with Crippen LogP contribution in [-0.4, -0.2) is 39.2 Å². The van der Waals surface area contributed by atoms with Crippen molar-refractivity contribution in [2.75, 3.05) is 18.4 Å². The predicted molar refractivity (Wildman–Crippen MR) is 93.2 cm³/mol. The van der Waals surface area contributed by atoms with Gasteiger partial charge in [-0.25, -0.2) is 0 Å². The number of fused-ring (bicyclic) bond motifs is 1. The van der Waals surface area contributed by atoms with E-state index in [4.69, 9.17) is 0 Å². The molecule has 0 radical (unpaired) electrons. The molecule has 7 heteroatoms. The molecule has 122 valence electrons. The third-order valence-electron chi connectivity index (χ3n) is 4.23. The summed E-state index contributed by atoms with van der Waals surface area (Å²) in [7, 11) is 0. The molecule has 24 heavy (non-hydrogen) atoms. The first-order valence-corrected chi connectivity index (χ1v) is 8.49. The zero-order valence-electron chi connectivity index (χ0n) is 13.1. The summed E-state index contributed by atoms with van der Waals surface area (Å²) >= 11 is 1.27. The van der Waals surface area contributed by atoms with Crippen LogP contribution in [0.2, 0.25) is 0 Å². The van der Waals surface area contributed by atoms with E-state index >= 15 is 0 Å². The number of aromatic nitrogens is 2. The van der Waals surface area contributed by atoms with E-state index in [2.05, 4.69) is 14.7 Å². The van der Waals surface area contributed by atoms with Gasteiger partial charge >= 0.3 is 0 Å². The summed E-state index contributed by atoms with van der Waals surface area (Å²) in [4.78, 5) is 29.6. The number of para-hydroxylation sites is 1. The van der Waals surface area contributed by atoms with Crippen molar-refractivity contribution >= 4 is 39.3 Å². The minimum atomic E-state index is -0.165. The Labute approximate surface area is 142 Å². The molecule has 0 bridgehead atoms. The third-order valence-corrected chi connectivity index (χ3v) is 5.03. The van der Waals surface area contributed by atoms with Crippen molar-refractivity contribution in [3.05, 3.63) is 47.8 Å². The molecule has 2 N–H and O–H groups in total. The normalized spacial score (nSPS) is 14.6. The van der Waals surface area contributed by atoms with Crippen LogP contribution in [0.1, 0.15) is 16.1 Å². The number of anilines is 1. The van der Waals surface area contributed by atoms with Crippen LogP contribution in [-0.2, 0) is 4.79 Å². The van der Waals surface area contributed by atoms with Gasteiger partial charge in [-0.2, -0.15) is 4.37 Å². The molecule has 0 unspecified atom stereocenters. The Morgan fingerprint density at radius 3 is 2.88 bits per heavy atom. The second kappa shape index (κ2) is 5.76. The van der Waals surface area contributed by atoms with E-state index in [0.29, 0.717) is 18.7 Å². The molecule has 1 aliphatic heterocycles. The number of likely N-dealkylation sites (tertiary alicyclic amines) is 1. The van der Waals surface area contributed by atoms with Crippen LogP contribution < -0.4 is 5.32 Å². The Hall–Kier alpha value is -2.67. The van der Waals surface area contributed by atoms with Crippen molar-refractivity contribution in [3.63, 3.8) is 0 Å². The molecule has 1 aliphatic rings. The first-order chi connectivity index (χ1) is 11.6. The second-order valence-electron chi connectivity index (χ2n) is 5.98. The van der Waals surface area contributed by atoms with Crippen molar-refractivity contribution in [1.29, 1.82) is 0 Å². The van der Waals surface area contributed by atoms with E-state index < -0.39 is 0 Å². The van der Waals surface area contributed by atoms with E-state index in [0.717, 1.165) is 21.6 Å². The van der Waals surface area contributed by atoms with Crippen molar-refractivity contribution in [1.82, 2.24) is 14.3 Å². The number of nitrogens with zero attached hydrogens (tertiary/aromatic N) is 2. The number of hydrogen-bond donors (Lipinski definition) is 2. The Morgan fingerprint density at radius 1 is 1.33 bits per heavy atom. The molecule has 6 nitrogen and oxygen atoms in total. The van der Waals surface area contributed by atoms with Crippen LogP contribution in [0, 0.1) is 12.8 Å². The zero-order valence-corrected chi connectivity index (χ0v) is 13.9. The van der Waals surface area contributed by atoms with Crippen LogP contribution in [0.25, 0.3) is 10.9 Å².